The van der Waals surface area contributed by atoms with Crippen LogP contribution in [0.25, 0.3) is 0 Å². The zero-order chi connectivity index (χ0) is 23.0. The molecule has 0 spiro atoms. The molecule has 0 atom stereocenters. The first-order valence-corrected chi connectivity index (χ1v) is 10.9. The number of amides is 1. The Kier molecular flexibility index (Phi) is 7.40. The number of hydrogen-bond acceptors (Lipinski definition) is 7. The lowest BCUT2D eigenvalue weighted by Crippen LogP contribution is -2.39. The number of hydrogen-bond donors (Lipinski definition) is 1. The lowest BCUT2D eigenvalue weighted by atomic mass is 10.2. The van der Waals surface area contributed by atoms with Crippen molar-refractivity contribution in [2.45, 2.75) is 4.90 Å². The molecule has 1 N–H and O–H groups in total. The molecule has 3 aromatic rings. The Bertz CT molecular complexity index is 1190. The molecule has 1 heterocycles. The topological polar surface area (TPSA) is 110 Å². The monoisotopic (exact) mass is 454 g/mol. The Morgan fingerprint density at radius 2 is 1.88 bits per heavy atom. The van der Waals surface area contributed by atoms with Gasteiger partial charge in [-0.05, 0) is 30.3 Å². The molecule has 10 heteroatoms. The van der Waals surface area contributed by atoms with Gasteiger partial charge in [0, 0.05) is 24.0 Å². The summed E-state index contributed by atoms with van der Waals surface area (Å²) in [5.41, 5.74) is 3.18. The summed E-state index contributed by atoms with van der Waals surface area (Å²) in [6, 6.07) is 16.0. The SMILES string of the molecule is COc1ccc(OC)c(N(CC(=O)N/N=C\c2cccnc2)S(=O)(=O)c2ccccc2)c1. The van der Waals surface area contributed by atoms with Crippen molar-refractivity contribution in [3.05, 3.63) is 78.6 Å². The summed E-state index contributed by atoms with van der Waals surface area (Å²) >= 11 is 0. The molecule has 0 radical (unpaired) electrons. The van der Waals surface area contributed by atoms with Crippen LogP contribution in [0.3, 0.4) is 0 Å². The normalized spacial score (nSPS) is 11.2. The van der Waals surface area contributed by atoms with E-state index >= 15 is 0 Å². The fourth-order valence-electron chi connectivity index (χ4n) is 2.81. The Morgan fingerprint density at radius 3 is 2.53 bits per heavy atom. The second-order valence-corrected chi connectivity index (χ2v) is 8.30. The first-order valence-electron chi connectivity index (χ1n) is 9.47. The number of carbonyl (C=O) groups excluding carboxylic acids is 1. The van der Waals surface area contributed by atoms with Gasteiger partial charge in [-0.15, -0.1) is 0 Å². The van der Waals surface area contributed by atoms with E-state index in [2.05, 4.69) is 15.5 Å². The Hall–Kier alpha value is -3.92. The molecule has 1 aromatic heterocycles. The third kappa shape index (κ3) is 5.41. The average Bonchev–Trinajstić information content (AvgIpc) is 2.83. The predicted molar refractivity (Wildman–Crippen MR) is 120 cm³/mol. The van der Waals surface area contributed by atoms with Gasteiger partial charge >= 0.3 is 0 Å². The number of carbonyl (C=O) groups is 1. The molecule has 2 aromatic carbocycles. The van der Waals surface area contributed by atoms with Gasteiger partial charge in [-0.2, -0.15) is 5.10 Å². The van der Waals surface area contributed by atoms with E-state index in [0.717, 1.165) is 4.31 Å². The highest BCUT2D eigenvalue weighted by molar-refractivity contribution is 7.92. The number of ether oxygens (including phenoxy) is 2. The number of anilines is 1. The van der Waals surface area contributed by atoms with E-state index < -0.39 is 22.5 Å². The standard InChI is InChI=1S/C22H22N4O5S/c1-30-18-10-11-21(31-2)20(13-18)26(32(28,29)19-8-4-3-5-9-19)16-22(27)25-24-15-17-7-6-12-23-14-17/h3-15H,16H2,1-2H3,(H,25,27)/b24-15-. The van der Waals surface area contributed by atoms with Gasteiger partial charge in [-0.25, -0.2) is 13.8 Å². The fraction of sp³-hybridized carbons (Fsp3) is 0.136. The molecule has 0 bridgehead atoms. The molecule has 3 rings (SSSR count). The van der Waals surface area contributed by atoms with Gasteiger partial charge in [-0.3, -0.25) is 14.1 Å². The van der Waals surface area contributed by atoms with Crippen LogP contribution in [0.15, 0.2) is 83.1 Å². The third-order valence-electron chi connectivity index (χ3n) is 4.36. The van der Waals surface area contributed by atoms with Gasteiger partial charge < -0.3 is 9.47 Å². The molecule has 0 unspecified atom stereocenters. The van der Waals surface area contributed by atoms with Crippen LogP contribution in [-0.4, -0.2) is 46.3 Å². The summed E-state index contributed by atoms with van der Waals surface area (Å²) in [7, 11) is -1.24. The van der Waals surface area contributed by atoms with E-state index in [1.54, 1.807) is 54.9 Å². The van der Waals surface area contributed by atoms with Crippen LogP contribution in [0.2, 0.25) is 0 Å². The van der Waals surface area contributed by atoms with Crippen LogP contribution < -0.4 is 19.2 Å². The van der Waals surface area contributed by atoms with Crippen molar-refractivity contribution in [2.24, 2.45) is 5.10 Å². The fourth-order valence-corrected chi connectivity index (χ4v) is 4.25. The highest BCUT2D eigenvalue weighted by Crippen LogP contribution is 2.35. The van der Waals surface area contributed by atoms with Crippen molar-refractivity contribution in [3.8, 4) is 11.5 Å². The molecule has 0 aliphatic rings. The van der Waals surface area contributed by atoms with E-state index in [4.69, 9.17) is 9.47 Å². The molecule has 1 amide bonds. The Labute approximate surface area is 186 Å². The van der Waals surface area contributed by atoms with E-state index in [9.17, 15) is 13.2 Å². The second kappa shape index (κ2) is 10.4. The van der Waals surface area contributed by atoms with Crippen LogP contribution in [0.1, 0.15) is 5.56 Å². The maximum Gasteiger partial charge on any atom is 0.264 e. The molecular formula is C22H22N4O5S. The number of rotatable bonds is 9. The van der Waals surface area contributed by atoms with Crippen molar-refractivity contribution >= 4 is 27.8 Å². The second-order valence-electron chi connectivity index (χ2n) is 6.44. The summed E-state index contributed by atoms with van der Waals surface area (Å²) in [6.07, 6.45) is 4.60. The highest BCUT2D eigenvalue weighted by Gasteiger charge is 2.29. The zero-order valence-electron chi connectivity index (χ0n) is 17.5. The lowest BCUT2D eigenvalue weighted by molar-refractivity contribution is -0.119. The number of pyridine rings is 1. The van der Waals surface area contributed by atoms with Crippen molar-refractivity contribution in [2.75, 3.05) is 25.1 Å². The van der Waals surface area contributed by atoms with Gasteiger partial charge in [0.15, 0.2) is 0 Å². The summed E-state index contributed by atoms with van der Waals surface area (Å²) in [5.74, 6) is 0.0237. The number of aromatic nitrogens is 1. The predicted octanol–water partition coefficient (Wildman–Crippen LogP) is 2.44. The first kappa shape index (κ1) is 22.8. The number of benzene rings is 2. The molecular weight excluding hydrogens is 432 g/mol. The Balaban J connectivity index is 1.94. The van der Waals surface area contributed by atoms with Gasteiger partial charge in [0.2, 0.25) is 0 Å². The number of nitrogens with zero attached hydrogens (tertiary/aromatic N) is 3. The third-order valence-corrected chi connectivity index (χ3v) is 6.13. The molecule has 0 fully saturated rings. The molecule has 32 heavy (non-hydrogen) atoms. The van der Waals surface area contributed by atoms with Crippen molar-refractivity contribution in [1.82, 2.24) is 10.4 Å². The van der Waals surface area contributed by atoms with Crippen LogP contribution in [0, 0.1) is 0 Å². The zero-order valence-corrected chi connectivity index (χ0v) is 18.3. The van der Waals surface area contributed by atoms with Crippen molar-refractivity contribution in [3.63, 3.8) is 0 Å². The largest absolute Gasteiger partial charge is 0.497 e. The number of nitrogens with one attached hydrogen (secondary N) is 1. The molecule has 0 aliphatic carbocycles. The molecule has 0 aliphatic heterocycles. The van der Waals surface area contributed by atoms with Crippen LogP contribution in [0.4, 0.5) is 5.69 Å². The lowest BCUT2D eigenvalue weighted by Gasteiger charge is -2.25. The van der Waals surface area contributed by atoms with Gasteiger partial charge in [-0.1, -0.05) is 24.3 Å². The maximum atomic E-state index is 13.4. The summed E-state index contributed by atoms with van der Waals surface area (Å²) in [5, 5.41) is 3.88. The first-order chi connectivity index (χ1) is 15.5. The number of sulfonamides is 1. The van der Waals surface area contributed by atoms with Gasteiger partial charge in [0.25, 0.3) is 15.9 Å². The summed E-state index contributed by atoms with van der Waals surface area (Å²) in [6.45, 7) is -0.537. The quantitative estimate of drug-likeness (QED) is 0.393. The van der Waals surface area contributed by atoms with E-state index in [1.807, 2.05) is 0 Å². The summed E-state index contributed by atoms with van der Waals surface area (Å²) < 4.78 is 38.4. The Morgan fingerprint density at radius 1 is 1.09 bits per heavy atom. The molecule has 9 nitrogen and oxygen atoms in total. The van der Waals surface area contributed by atoms with Crippen LogP contribution in [-0.2, 0) is 14.8 Å². The molecule has 0 saturated heterocycles. The van der Waals surface area contributed by atoms with Crippen LogP contribution in [0.5, 0.6) is 11.5 Å². The minimum Gasteiger partial charge on any atom is -0.497 e. The minimum absolute atomic E-state index is 0.0246. The molecule has 0 saturated carbocycles. The summed E-state index contributed by atoms with van der Waals surface area (Å²) in [4.78, 5) is 16.6. The van der Waals surface area contributed by atoms with Crippen molar-refractivity contribution < 1.29 is 22.7 Å². The van der Waals surface area contributed by atoms with E-state index in [-0.39, 0.29) is 16.3 Å². The number of methoxy groups -OCH3 is 2. The van der Waals surface area contributed by atoms with E-state index in [0.29, 0.717) is 11.3 Å². The number of hydrazone groups is 1. The molecule has 166 valence electrons. The maximum absolute atomic E-state index is 13.4. The van der Waals surface area contributed by atoms with E-state index in [1.165, 1.54) is 38.6 Å². The van der Waals surface area contributed by atoms with Gasteiger partial charge in [0.05, 0.1) is 31.0 Å². The average molecular weight is 455 g/mol. The van der Waals surface area contributed by atoms with Crippen molar-refractivity contribution in [1.29, 1.82) is 0 Å². The van der Waals surface area contributed by atoms with Gasteiger partial charge in [0.1, 0.15) is 18.0 Å². The highest BCUT2D eigenvalue weighted by atomic mass is 32.2. The van der Waals surface area contributed by atoms with Crippen LogP contribution >= 0.6 is 0 Å². The smallest absolute Gasteiger partial charge is 0.264 e. The minimum atomic E-state index is -4.11.